The largest absolute Gasteiger partial charge is 0.379 e. The molecule has 0 radical (unpaired) electrons. The van der Waals surface area contributed by atoms with Gasteiger partial charge in [-0.2, -0.15) is 0 Å². The molecule has 1 aromatic rings. The average molecular weight is 428 g/mol. The Balaban J connectivity index is 1.33. The van der Waals surface area contributed by atoms with Gasteiger partial charge in [-0.05, 0) is 62.1 Å². The number of piperidine rings is 2. The fourth-order valence-corrected chi connectivity index (χ4v) is 5.27. The summed E-state index contributed by atoms with van der Waals surface area (Å²) in [5, 5.41) is 0. The van der Waals surface area contributed by atoms with E-state index in [9.17, 15) is 9.59 Å². The van der Waals surface area contributed by atoms with Crippen LogP contribution in [0.25, 0.3) is 0 Å². The van der Waals surface area contributed by atoms with Crippen LogP contribution in [0.2, 0.25) is 0 Å². The van der Waals surface area contributed by atoms with Gasteiger partial charge >= 0.3 is 0 Å². The van der Waals surface area contributed by atoms with E-state index in [0.717, 1.165) is 90.1 Å². The molecule has 0 aromatic heterocycles. The van der Waals surface area contributed by atoms with Crippen LogP contribution in [-0.2, 0) is 16.0 Å². The second kappa shape index (κ2) is 10.6. The molecule has 0 saturated carbocycles. The van der Waals surface area contributed by atoms with Crippen molar-refractivity contribution >= 4 is 11.8 Å². The number of hydrogen-bond donors (Lipinski definition) is 0. The molecule has 0 spiro atoms. The molecule has 1 atom stereocenters. The van der Waals surface area contributed by atoms with Gasteiger partial charge in [-0.3, -0.25) is 14.5 Å². The Morgan fingerprint density at radius 1 is 0.935 bits per heavy atom. The molecule has 2 amide bonds. The smallest absolute Gasteiger partial charge is 0.254 e. The summed E-state index contributed by atoms with van der Waals surface area (Å²) in [5.74, 6) is 0.988. The molecule has 3 heterocycles. The van der Waals surface area contributed by atoms with Gasteiger partial charge < -0.3 is 14.5 Å². The summed E-state index contributed by atoms with van der Waals surface area (Å²) in [6, 6.07) is 8.60. The second-order valence-corrected chi connectivity index (χ2v) is 9.41. The number of ether oxygens (including phenoxy) is 1. The van der Waals surface area contributed by atoms with Crippen LogP contribution < -0.4 is 0 Å². The van der Waals surface area contributed by atoms with Gasteiger partial charge in [0.05, 0.1) is 13.2 Å². The maximum Gasteiger partial charge on any atom is 0.254 e. The molecule has 170 valence electrons. The van der Waals surface area contributed by atoms with E-state index in [1.165, 1.54) is 12.0 Å². The quantitative estimate of drug-likeness (QED) is 0.725. The lowest BCUT2D eigenvalue weighted by molar-refractivity contribution is -0.130. The Bertz CT molecular complexity index is 737. The number of nitrogens with zero attached hydrogens (tertiary/aromatic N) is 3. The topological polar surface area (TPSA) is 53.1 Å². The summed E-state index contributed by atoms with van der Waals surface area (Å²) < 4.78 is 5.47. The molecule has 6 heteroatoms. The normalized spacial score (nSPS) is 23.7. The Morgan fingerprint density at radius 2 is 1.65 bits per heavy atom. The third-order valence-corrected chi connectivity index (χ3v) is 7.25. The first-order valence-electron chi connectivity index (χ1n) is 12.1. The molecule has 3 aliphatic heterocycles. The summed E-state index contributed by atoms with van der Waals surface area (Å²) in [6.07, 6.45) is 6.57. The number of morpholine rings is 1. The van der Waals surface area contributed by atoms with Gasteiger partial charge in [0.1, 0.15) is 0 Å². The van der Waals surface area contributed by atoms with Crippen molar-refractivity contribution < 1.29 is 14.3 Å². The van der Waals surface area contributed by atoms with Crippen molar-refractivity contribution in [1.82, 2.24) is 14.7 Å². The van der Waals surface area contributed by atoms with Crippen molar-refractivity contribution in [1.29, 1.82) is 0 Å². The summed E-state index contributed by atoms with van der Waals surface area (Å²) in [7, 11) is 0. The SMILES string of the molecule is CC(=O)N1CCC(Cc2ccc(C(=O)N3CCCCC3CN3CCOCC3)cc2)CC1. The summed E-state index contributed by atoms with van der Waals surface area (Å²) >= 11 is 0. The van der Waals surface area contributed by atoms with Crippen LogP contribution in [0, 0.1) is 5.92 Å². The second-order valence-electron chi connectivity index (χ2n) is 9.41. The van der Waals surface area contributed by atoms with Crippen LogP contribution >= 0.6 is 0 Å². The predicted octanol–water partition coefficient (Wildman–Crippen LogP) is 2.81. The monoisotopic (exact) mass is 427 g/mol. The van der Waals surface area contributed by atoms with Crippen molar-refractivity contribution in [3.8, 4) is 0 Å². The number of benzene rings is 1. The lowest BCUT2D eigenvalue weighted by Crippen LogP contribution is -2.51. The predicted molar refractivity (Wildman–Crippen MR) is 121 cm³/mol. The molecule has 3 aliphatic rings. The van der Waals surface area contributed by atoms with E-state index in [-0.39, 0.29) is 11.8 Å². The average Bonchev–Trinajstić information content (AvgIpc) is 2.80. The van der Waals surface area contributed by atoms with Crippen molar-refractivity contribution in [2.75, 3.05) is 52.5 Å². The molecular formula is C25H37N3O3. The number of carbonyl (C=O) groups excluding carboxylic acids is 2. The van der Waals surface area contributed by atoms with Crippen molar-refractivity contribution in [2.24, 2.45) is 5.92 Å². The fourth-order valence-electron chi connectivity index (χ4n) is 5.27. The fraction of sp³-hybridized carbons (Fsp3) is 0.680. The van der Waals surface area contributed by atoms with E-state index in [4.69, 9.17) is 4.74 Å². The van der Waals surface area contributed by atoms with E-state index >= 15 is 0 Å². The first-order valence-corrected chi connectivity index (χ1v) is 12.1. The van der Waals surface area contributed by atoms with Gasteiger partial charge in [0.25, 0.3) is 5.91 Å². The first-order chi connectivity index (χ1) is 15.1. The van der Waals surface area contributed by atoms with Crippen molar-refractivity contribution in [2.45, 2.75) is 51.5 Å². The first kappa shape index (κ1) is 22.3. The summed E-state index contributed by atoms with van der Waals surface area (Å²) in [6.45, 7) is 8.77. The minimum absolute atomic E-state index is 0.180. The molecule has 4 rings (SSSR count). The Labute approximate surface area is 186 Å². The van der Waals surface area contributed by atoms with Crippen LogP contribution in [0.4, 0.5) is 0 Å². The third-order valence-electron chi connectivity index (χ3n) is 7.25. The highest BCUT2D eigenvalue weighted by atomic mass is 16.5. The van der Waals surface area contributed by atoms with Gasteiger partial charge in [0, 0.05) is 57.8 Å². The van der Waals surface area contributed by atoms with Crippen LogP contribution in [0.5, 0.6) is 0 Å². The van der Waals surface area contributed by atoms with Crippen LogP contribution in [-0.4, -0.2) is 85.0 Å². The minimum Gasteiger partial charge on any atom is -0.379 e. The van der Waals surface area contributed by atoms with Crippen molar-refractivity contribution in [3.05, 3.63) is 35.4 Å². The zero-order chi connectivity index (χ0) is 21.6. The molecule has 3 fully saturated rings. The van der Waals surface area contributed by atoms with Crippen LogP contribution in [0.3, 0.4) is 0 Å². The zero-order valence-corrected chi connectivity index (χ0v) is 18.9. The lowest BCUT2D eigenvalue weighted by Gasteiger charge is -2.39. The van der Waals surface area contributed by atoms with Gasteiger partial charge in [-0.15, -0.1) is 0 Å². The molecule has 0 aliphatic carbocycles. The van der Waals surface area contributed by atoms with Gasteiger partial charge in [0.2, 0.25) is 5.91 Å². The molecule has 0 N–H and O–H groups in total. The molecule has 0 bridgehead atoms. The summed E-state index contributed by atoms with van der Waals surface area (Å²) in [5.41, 5.74) is 2.10. The van der Waals surface area contributed by atoms with Crippen LogP contribution in [0.1, 0.15) is 54.9 Å². The molecule has 6 nitrogen and oxygen atoms in total. The highest BCUT2D eigenvalue weighted by Crippen LogP contribution is 2.24. The molecular weight excluding hydrogens is 390 g/mol. The Morgan fingerprint density at radius 3 is 2.32 bits per heavy atom. The van der Waals surface area contributed by atoms with E-state index in [1.54, 1.807) is 6.92 Å². The van der Waals surface area contributed by atoms with E-state index in [0.29, 0.717) is 12.0 Å². The van der Waals surface area contributed by atoms with E-state index in [2.05, 4.69) is 21.9 Å². The maximum absolute atomic E-state index is 13.3. The summed E-state index contributed by atoms with van der Waals surface area (Å²) in [4.78, 5) is 31.3. The number of likely N-dealkylation sites (tertiary alicyclic amines) is 2. The van der Waals surface area contributed by atoms with Gasteiger partial charge in [-0.25, -0.2) is 0 Å². The molecule has 1 aromatic carbocycles. The number of amides is 2. The number of rotatable bonds is 5. The van der Waals surface area contributed by atoms with Gasteiger partial charge in [0.15, 0.2) is 0 Å². The van der Waals surface area contributed by atoms with Crippen LogP contribution in [0.15, 0.2) is 24.3 Å². The van der Waals surface area contributed by atoms with Gasteiger partial charge in [-0.1, -0.05) is 12.1 Å². The molecule has 3 saturated heterocycles. The lowest BCUT2D eigenvalue weighted by atomic mass is 9.90. The number of carbonyl (C=O) groups is 2. The standard InChI is InChI=1S/C25H37N3O3/c1-20(29)27-12-9-22(10-13-27)18-21-5-7-23(8-6-21)25(30)28-11-3-2-4-24(28)19-26-14-16-31-17-15-26/h5-8,22,24H,2-4,9-19H2,1H3. The zero-order valence-electron chi connectivity index (χ0n) is 18.9. The van der Waals surface area contributed by atoms with E-state index in [1.807, 2.05) is 17.0 Å². The molecule has 31 heavy (non-hydrogen) atoms. The van der Waals surface area contributed by atoms with E-state index < -0.39 is 0 Å². The minimum atomic E-state index is 0.180. The highest BCUT2D eigenvalue weighted by molar-refractivity contribution is 5.94. The number of hydrogen-bond acceptors (Lipinski definition) is 4. The van der Waals surface area contributed by atoms with Crippen molar-refractivity contribution in [3.63, 3.8) is 0 Å². The highest BCUT2D eigenvalue weighted by Gasteiger charge is 2.29. The molecule has 1 unspecified atom stereocenters. The maximum atomic E-state index is 13.3. The Hall–Kier alpha value is -1.92. The Kier molecular flexibility index (Phi) is 7.62. The third kappa shape index (κ3) is 5.86.